The molecular weight excluding hydrogens is 411 g/mol. The van der Waals surface area contributed by atoms with Crippen molar-refractivity contribution in [2.24, 2.45) is 0 Å². The van der Waals surface area contributed by atoms with Gasteiger partial charge < -0.3 is 14.2 Å². The van der Waals surface area contributed by atoms with Crippen LogP contribution in [0.2, 0.25) is 0 Å². The zero-order valence-electron chi connectivity index (χ0n) is 13.3. The minimum Gasteiger partial charge on any atom is -0.453 e. The van der Waals surface area contributed by atoms with Gasteiger partial charge in [-0.3, -0.25) is 9.59 Å². The highest BCUT2D eigenvalue weighted by Gasteiger charge is 2.60. The van der Waals surface area contributed by atoms with Crippen molar-refractivity contribution in [3.63, 3.8) is 0 Å². The van der Waals surface area contributed by atoms with E-state index in [0.717, 1.165) is 0 Å². The van der Waals surface area contributed by atoms with Crippen molar-refractivity contribution in [3.05, 3.63) is 0 Å². The summed E-state index contributed by atoms with van der Waals surface area (Å²) in [7, 11) is 0. The number of alkyl halides is 9. The lowest BCUT2D eigenvalue weighted by molar-refractivity contribution is -0.315. The lowest BCUT2D eigenvalue weighted by Gasteiger charge is -2.25. The molecule has 0 saturated heterocycles. The van der Waals surface area contributed by atoms with E-state index in [-0.39, 0.29) is 0 Å². The molecule has 0 amide bonds. The third-order valence-corrected chi connectivity index (χ3v) is 2.52. The Morgan fingerprint density at radius 3 is 1.56 bits per heavy atom. The van der Waals surface area contributed by atoms with Gasteiger partial charge in [-0.05, 0) is 6.92 Å². The SMILES string of the molecule is CC(=O)OC(CC(=O)OC(C)C(F)(F)F)C(=O)OC(C(F)(F)F)C(F)(F)F. The molecule has 0 spiro atoms. The summed E-state index contributed by atoms with van der Waals surface area (Å²) >= 11 is 0. The molecule has 6 nitrogen and oxygen atoms in total. The molecule has 0 radical (unpaired) electrons. The van der Waals surface area contributed by atoms with E-state index in [9.17, 15) is 53.9 Å². The zero-order chi connectivity index (χ0) is 21.8. The highest BCUT2D eigenvalue weighted by molar-refractivity contribution is 5.84. The smallest absolute Gasteiger partial charge is 0.434 e. The van der Waals surface area contributed by atoms with Gasteiger partial charge in [-0.1, -0.05) is 0 Å². The molecule has 0 aromatic carbocycles. The average molecular weight is 422 g/mol. The molecule has 0 heterocycles. The maximum absolute atomic E-state index is 12.3. The van der Waals surface area contributed by atoms with Crippen LogP contribution in [0.5, 0.6) is 0 Å². The molecule has 0 N–H and O–H groups in total. The molecule has 0 fully saturated rings. The summed E-state index contributed by atoms with van der Waals surface area (Å²) in [6.07, 6.45) is -28.9. The predicted molar refractivity (Wildman–Crippen MR) is 63.8 cm³/mol. The molecule has 0 aromatic rings. The Morgan fingerprint density at radius 2 is 1.22 bits per heavy atom. The van der Waals surface area contributed by atoms with Crippen LogP contribution in [0, 0.1) is 0 Å². The minimum absolute atomic E-state index is 0.362. The van der Waals surface area contributed by atoms with Crippen molar-refractivity contribution < 1.29 is 68.1 Å². The van der Waals surface area contributed by atoms with Crippen LogP contribution in [-0.2, 0) is 28.6 Å². The topological polar surface area (TPSA) is 78.9 Å². The normalized spacial score (nSPS) is 15.1. The third kappa shape index (κ3) is 8.81. The van der Waals surface area contributed by atoms with E-state index >= 15 is 0 Å². The summed E-state index contributed by atoms with van der Waals surface area (Å²) in [6, 6.07) is 0. The Balaban J connectivity index is 5.31. The van der Waals surface area contributed by atoms with Gasteiger partial charge >= 0.3 is 36.4 Å². The highest BCUT2D eigenvalue weighted by atomic mass is 19.4. The maximum atomic E-state index is 12.3. The number of esters is 3. The Bertz CT molecular complexity index is 537. The first kappa shape index (κ1) is 24.8. The van der Waals surface area contributed by atoms with Crippen LogP contribution in [0.15, 0.2) is 0 Å². The first-order valence-corrected chi connectivity index (χ1v) is 6.63. The Morgan fingerprint density at radius 1 is 0.778 bits per heavy atom. The van der Waals surface area contributed by atoms with Crippen molar-refractivity contribution in [1.82, 2.24) is 0 Å². The van der Waals surface area contributed by atoms with Crippen LogP contribution < -0.4 is 0 Å². The van der Waals surface area contributed by atoms with Gasteiger partial charge in [-0.2, -0.15) is 39.5 Å². The molecule has 27 heavy (non-hydrogen) atoms. The van der Waals surface area contributed by atoms with E-state index in [1.165, 1.54) is 0 Å². The monoisotopic (exact) mass is 422 g/mol. The summed E-state index contributed by atoms with van der Waals surface area (Å²) in [5.74, 6) is -5.79. The van der Waals surface area contributed by atoms with Crippen LogP contribution in [0.4, 0.5) is 39.5 Å². The van der Waals surface area contributed by atoms with Gasteiger partial charge in [0, 0.05) is 6.92 Å². The second kappa shape index (κ2) is 8.65. The fourth-order valence-corrected chi connectivity index (χ4v) is 1.35. The molecule has 0 bridgehead atoms. The van der Waals surface area contributed by atoms with Gasteiger partial charge in [0.25, 0.3) is 6.10 Å². The first-order chi connectivity index (χ1) is 11.9. The summed E-state index contributed by atoms with van der Waals surface area (Å²) in [4.78, 5) is 33.6. The first-order valence-electron chi connectivity index (χ1n) is 6.63. The lowest BCUT2D eigenvalue weighted by atomic mass is 10.2. The highest BCUT2D eigenvalue weighted by Crippen LogP contribution is 2.36. The van der Waals surface area contributed by atoms with Crippen LogP contribution in [0.25, 0.3) is 0 Å². The van der Waals surface area contributed by atoms with E-state index in [1.807, 2.05) is 0 Å². The number of halogens is 9. The molecule has 2 atom stereocenters. The number of carbonyl (C=O) groups is 3. The van der Waals surface area contributed by atoms with Crippen LogP contribution >= 0.6 is 0 Å². The second-order valence-electron chi connectivity index (χ2n) is 4.88. The molecule has 0 aliphatic carbocycles. The molecule has 2 unspecified atom stereocenters. The second-order valence-corrected chi connectivity index (χ2v) is 4.88. The van der Waals surface area contributed by atoms with E-state index in [4.69, 9.17) is 0 Å². The Kier molecular flexibility index (Phi) is 7.93. The number of hydrogen-bond donors (Lipinski definition) is 0. The Labute approximate surface area is 144 Å². The molecule has 158 valence electrons. The maximum Gasteiger partial charge on any atom is 0.434 e. The molecule has 0 rings (SSSR count). The molecule has 0 saturated carbocycles. The van der Waals surface area contributed by atoms with Gasteiger partial charge in [-0.25, -0.2) is 4.79 Å². The number of rotatable bonds is 6. The van der Waals surface area contributed by atoms with Crippen molar-refractivity contribution in [2.75, 3.05) is 0 Å². The number of carbonyl (C=O) groups excluding carboxylic acids is 3. The standard InChI is InChI=1S/C12H11F9O6/c1-4(10(13,14)15)25-7(23)3-6(26-5(2)22)8(24)27-9(11(16,17)18)12(19,20)21/h4,6,9H,3H2,1-2H3. The van der Waals surface area contributed by atoms with Gasteiger partial charge in [0.15, 0.2) is 6.10 Å². The van der Waals surface area contributed by atoms with Gasteiger partial charge in [0.2, 0.25) is 6.10 Å². The lowest BCUT2D eigenvalue weighted by Crippen LogP contribution is -2.48. The van der Waals surface area contributed by atoms with Crippen molar-refractivity contribution in [3.8, 4) is 0 Å². The van der Waals surface area contributed by atoms with E-state index < -0.39 is 61.2 Å². The molecule has 0 aliphatic rings. The average Bonchev–Trinajstić information content (AvgIpc) is 2.39. The van der Waals surface area contributed by atoms with E-state index in [0.29, 0.717) is 13.8 Å². The molecule has 15 heteroatoms. The summed E-state index contributed by atoms with van der Waals surface area (Å²) in [5, 5.41) is 0. The van der Waals surface area contributed by atoms with Crippen molar-refractivity contribution in [1.29, 1.82) is 0 Å². The summed E-state index contributed by atoms with van der Waals surface area (Å²) in [5.41, 5.74) is 0. The molecule has 0 aliphatic heterocycles. The fourth-order valence-electron chi connectivity index (χ4n) is 1.35. The molecular formula is C12H11F9O6. The van der Waals surface area contributed by atoms with Crippen LogP contribution in [0.1, 0.15) is 20.3 Å². The quantitative estimate of drug-likeness (QED) is 0.372. The summed E-state index contributed by atoms with van der Waals surface area (Å²) in [6.45, 7) is 0.926. The molecule has 0 aromatic heterocycles. The zero-order valence-corrected chi connectivity index (χ0v) is 13.3. The predicted octanol–water partition coefficient (Wildman–Crippen LogP) is 2.84. The largest absolute Gasteiger partial charge is 0.453 e. The van der Waals surface area contributed by atoms with Crippen LogP contribution in [0.3, 0.4) is 0 Å². The minimum atomic E-state index is -6.10. The van der Waals surface area contributed by atoms with Gasteiger partial charge in [0.1, 0.15) is 0 Å². The summed E-state index contributed by atoms with van der Waals surface area (Å²) < 4.78 is 122. The van der Waals surface area contributed by atoms with E-state index in [1.54, 1.807) is 0 Å². The van der Waals surface area contributed by atoms with Crippen LogP contribution in [-0.4, -0.2) is 54.7 Å². The van der Waals surface area contributed by atoms with Gasteiger partial charge in [0.05, 0.1) is 6.42 Å². The van der Waals surface area contributed by atoms with Crippen molar-refractivity contribution >= 4 is 17.9 Å². The Hall–Kier alpha value is -2.22. The van der Waals surface area contributed by atoms with Gasteiger partial charge in [-0.15, -0.1) is 0 Å². The fraction of sp³-hybridized carbons (Fsp3) is 0.750. The number of hydrogen-bond acceptors (Lipinski definition) is 6. The van der Waals surface area contributed by atoms with E-state index in [2.05, 4.69) is 14.2 Å². The third-order valence-electron chi connectivity index (χ3n) is 2.52. The van der Waals surface area contributed by atoms with Crippen molar-refractivity contribution in [2.45, 2.75) is 57.1 Å². The number of ether oxygens (including phenoxy) is 3.